The number of anilines is 1. The van der Waals surface area contributed by atoms with Crippen LogP contribution in [0.15, 0.2) is 61.3 Å². The molecule has 3 aromatic rings. The third kappa shape index (κ3) is 4.03. The smallest absolute Gasteiger partial charge is 0.223 e. The molecule has 1 saturated heterocycles. The summed E-state index contributed by atoms with van der Waals surface area (Å²) in [4.78, 5) is 23.4. The zero-order valence-corrected chi connectivity index (χ0v) is 15.9. The summed E-state index contributed by atoms with van der Waals surface area (Å²) in [5.74, 6) is 1.03. The molecule has 4 rings (SSSR count). The molecule has 0 bridgehead atoms. The van der Waals surface area contributed by atoms with Gasteiger partial charge in [0.15, 0.2) is 0 Å². The molecule has 1 aliphatic rings. The largest absolute Gasteiger partial charge is 0.355 e. The maximum Gasteiger partial charge on any atom is 0.223 e. The van der Waals surface area contributed by atoms with Crippen LogP contribution in [0.3, 0.4) is 0 Å². The maximum absolute atomic E-state index is 12.8. The van der Waals surface area contributed by atoms with Gasteiger partial charge in [0.1, 0.15) is 5.82 Å². The maximum atomic E-state index is 12.8. The van der Waals surface area contributed by atoms with Crippen molar-refractivity contribution in [3.8, 4) is 5.69 Å². The van der Waals surface area contributed by atoms with E-state index in [1.54, 1.807) is 24.8 Å². The van der Waals surface area contributed by atoms with Gasteiger partial charge in [-0.3, -0.25) is 9.78 Å². The van der Waals surface area contributed by atoms with Crippen molar-refractivity contribution < 1.29 is 4.79 Å². The van der Waals surface area contributed by atoms with E-state index in [9.17, 15) is 4.79 Å². The number of hydrogen-bond acceptors (Lipinski definition) is 5. The zero-order chi connectivity index (χ0) is 19.3. The zero-order valence-electron chi connectivity index (χ0n) is 15.9. The quantitative estimate of drug-likeness (QED) is 0.741. The van der Waals surface area contributed by atoms with Crippen molar-refractivity contribution in [2.45, 2.75) is 25.8 Å². The van der Waals surface area contributed by atoms with Gasteiger partial charge in [-0.05, 0) is 43.5 Å². The highest BCUT2D eigenvalue weighted by atomic mass is 16.1. The molecule has 144 valence electrons. The first kappa shape index (κ1) is 18.2. The van der Waals surface area contributed by atoms with Gasteiger partial charge < -0.3 is 10.2 Å². The lowest BCUT2D eigenvalue weighted by atomic mass is 9.95. The molecular formula is C21H24N6O. The molecule has 0 radical (unpaired) electrons. The number of hydrogen-bond donors (Lipinski definition) is 1. The fourth-order valence-electron chi connectivity index (χ4n) is 3.60. The van der Waals surface area contributed by atoms with Gasteiger partial charge in [0.2, 0.25) is 5.91 Å². The highest BCUT2D eigenvalue weighted by Crippen LogP contribution is 2.23. The van der Waals surface area contributed by atoms with Gasteiger partial charge >= 0.3 is 0 Å². The summed E-state index contributed by atoms with van der Waals surface area (Å²) in [6, 6.07) is 9.94. The van der Waals surface area contributed by atoms with E-state index in [1.807, 2.05) is 42.1 Å². The van der Waals surface area contributed by atoms with E-state index in [4.69, 9.17) is 0 Å². The van der Waals surface area contributed by atoms with Gasteiger partial charge in [0.05, 0.1) is 17.9 Å². The van der Waals surface area contributed by atoms with Gasteiger partial charge in [-0.25, -0.2) is 9.67 Å². The SMILES string of the molecule is CC(NC(=O)C1CCN(c2cnccn2)CC1)c1cccc(-n2cccn2)c1. The van der Waals surface area contributed by atoms with Crippen LogP contribution in [0.4, 0.5) is 5.82 Å². The fraction of sp³-hybridized carbons (Fsp3) is 0.333. The van der Waals surface area contributed by atoms with Crippen LogP contribution in [0.5, 0.6) is 0 Å². The molecule has 7 nitrogen and oxygen atoms in total. The van der Waals surface area contributed by atoms with Crippen molar-refractivity contribution in [2.75, 3.05) is 18.0 Å². The molecule has 1 fully saturated rings. The summed E-state index contributed by atoms with van der Waals surface area (Å²) in [5.41, 5.74) is 2.05. The van der Waals surface area contributed by atoms with Crippen LogP contribution in [0.25, 0.3) is 5.69 Å². The van der Waals surface area contributed by atoms with E-state index < -0.39 is 0 Å². The minimum Gasteiger partial charge on any atom is -0.355 e. The predicted octanol–water partition coefficient (Wildman–Crippen LogP) is 2.76. The van der Waals surface area contributed by atoms with Crippen LogP contribution in [-0.2, 0) is 4.79 Å². The molecule has 1 unspecified atom stereocenters. The van der Waals surface area contributed by atoms with Crippen LogP contribution >= 0.6 is 0 Å². The third-order valence-corrected chi connectivity index (χ3v) is 5.24. The standard InChI is InChI=1S/C21H24N6O/c1-16(18-4-2-5-19(14-18)27-11-3-8-24-27)25-21(28)17-6-12-26(13-7-17)20-15-22-9-10-23-20/h2-5,8-11,14-17H,6-7,12-13H2,1H3,(H,25,28). The predicted molar refractivity (Wildman–Crippen MR) is 107 cm³/mol. The first-order valence-electron chi connectivity index (χ1n) is 9.62. The molecule has 2 aromatic heterocycles. The first-order chi connectivity index (χ1) is 13.7. The second kappa shape index (κ2) is 8.21. The Bertz CT molecular complexity index is 904. The summed E-state index contributed by atoms with van der Waals surface area (Å²) >= 11 is 0. The Hall–Kier alpha value is -3.22. The molecular weight excluding hydrogens is 352 g/mol. The summed E-state index contributed by atoms with van der Waals surface area (Å²) in [6.07, 6.45) is 10.5. The Balaban J connectivity index is 1.35. The van der Waals surface area contributed by atoms with E-state index in [-0.39, 0.29) is 17.9 Å². The van der Waals surface area contributed by atoms with E-state index in [0.29, 0.717) is 0 Å². The van der Waals surface area contributed by atoms with Crippen LogP contribution < -0.4 is 10.2 Å². The molecule has 1 aliphatic heterocycles. The molecule has 28 heavy (non-hydrogen) atoms. The Morgan fingerprint density at radius 1 is 1.18 bits per heavy atom. The minimum absolute atomic E-state index is 0.0321. The van der Waals surface area contributed by atoms with Gasteiger partial charge in [-0.2, -0.15) is 5.10 Å². The number of piperidine rings is 1. The molecule has 0 saturated carbocycles. The van der Waals surface area contributed by atoms with E-state index in [2.05, 4.69) is 31.3 Å². The van der Waals surface area contributed by atoms with Gasteiger partial charge in [0, 0.05) is 43.8 Å². The Labute approximate surface area is 164 Å². The second-order valence-electron chi connectivity index (χ2n) is 7.10. The van der Waals surface area contributed by atoms with E-state index in [0.717, 1.165) is 43.0 Å². The van der Waals surface area contributed by atoms with Crippen molar-refractivity contribution in [3.63, 3.8) is 0 Å². The molecule has 3 heterocycles. The average molecular weight is 376 g/mol. The van der Waals surface area contributed by atoms with Crippen molar-refractivity contribution >= 4 is 11.7 Å². The van der Waals surface area contributed by atoms with Gasteiger partial charge in [-0.1, -0.05) is 12.1 Å². The number of amides is 1. The first-order valence-corrected chi connectivity index (χ1v) is 9.62. The number of benzene rings is 1. The third-order valence-electron chi connectivity index (χ3n) is 5.24. The Kier molecular flexibility index (Phi) is 5.32. The van der Waals surface area contributed by atoms with Gasteiger partial charge in [-0.15, -0.1) is 0 Å². The van der Waals surface area contributed by atoms with Crippen molar-refractivity contribution in [3.05, 3.63) is 66.9 Å². The van der Waals surface area contributed by atoms with Crippen molar-refractivity contribution in [1.82, 2.24) is 25.1 Å². The molecule has 1 aromatic carbocycles. The lowest BCUT2D eigenvalue weighted by Gasteiger charge is -2.32. The highest BCUT2D eigenvalue weighted by Gasteiger charge is 2.26. The second-order valence-corrected chi connectivity index (χ2v) is 7.10. The minimum atomic E-state index is -0.0546. The Morgan fingerprint density at radius 3 is 2.75 bits per heavy atom. The number of nitrogens with zero attached hydrogens (tertiary/aromatic N) is 5. The number of rotatable bonds is 5. The van der Waals surface area contributed by atoms with Crippen LogP contribution in [-0.4, -0.2) is 38.7 Å². The van der Waals surface area contributed by atoms with Crippen LogP contribution in [0.1, 0.15) is 31.4 Å². The Morgan fingerprint density at radius 2 is 2.04 bits per heavy atom. The number of carbonyl (C=O) groups is 1. The molecule has 0 aliphatic carbocycles. The monoisotopic (exact) mass is 376 g/mol. The molecule has 1 N–H and O–H groups in total. The molecule has 0 spiro atoms. The molecule has 1 atom stereocenters. The van der Waals surface area contributed by atoms with Crippen molar-refractivity contribution in [1.29, 1.82) is 0 Å². The normalized spacial score (nSPS) is 16.0. The van der Waals surface area contributed by atoms with Crippen LogP contribution in [0, 0.1) is 5.92 Å². The van der Waals surface area contributed by atoms with E-state index in [1.165, 1.54) is 0 Å². The summed E-state index contributed by atoms with van der Waals surface area (Å²) in [5, 5.41) is 7.45. The highest BCUT2D eigenvalue weighted by molar-refractivity contribution is 5.79. The van der Waals surface area contributed by atoms with Crippen LogP contribution in [0.2, 0.25) is 0 Å². The molecule has 7 heteroatoms. The fourth-order valence-corrected chi connectivity index (χ4v) is 3.60. The number of aromatic nitrogens is 4. The molecule has 1 amide bonds. The summed E-state index contributed by atoms with van der Waals surface area (Å²) < 4.78 is 1.82. The lowest BCUT2D eigenvalue weighted by molar-refractivity contribution is -0.126. The lowest BCUT2D eigenvalue weighted by Crippen LogP contribution is -2.41. The number of carbonyl (C=O) groups excluding carboxylic acids is 1. The van der Waals surface area contributed by atoms with E-state index >= 15 is 0 Å². The topological polar surface area (TPSA) is 75.9 Å². The summed E-state index contributed by atoms with van der Waals surface area (Å²) in [6.45, 7) is 3.66. The summed E-state index contributed by atoms with van der Waals surface area (Å²) in [7, 11) is 0. The van der Waals surface area contributed by atoms with Gasteiger partial charge in [0.25, 0.3) is 0 Å². The average Bonchev–Trinajstić information content (AvgIpc) is 3.29. The number of nitrogens with one attached hydrogen (secondary N) is 1. The van der Waals surface area contributed by atoms with Crippen molar-refractivity contribution in [2.24, 2.45) is 5.92 Å².